The zero-order valence-corrected chi connectivity index (χ0v) is 15.3. The third-order valence-electron chi connectivity index (χ3n) is 3.81. The van der Waals surface area contributed by atoms with Crippen molar-refractivity contribution in [3.05, 3.63) is 64.0 Å². The summed E-state index contributed by atoms with van der Waals surface area (Å²) >= 11 is 5.25. The Bertz CT molecular complexity index is 1070. The Morgan fingerprint density at radius 3 is 2.63 bits per heavy atom. The second kappa shape index (κ2) is 7.71. The number of alkyl halides is 2. The van der Waals surface area contributed by atoms with Crippen LogP contribution < -0.4 is 21.0 Å². The molecule has 2 N–H and O–H groups in total. The summed E-state index contributed by atoms with van der Waals surface area (Å²) < 4.78 is 34.8. The highest BCUT2D eigenvalue weighted by molar-refractivity contribution is 7.80. The molecule has 0 aliphatic carbocycles. The molecule has 0 saturated carbocycles. The number of hydrogen-bond donors (Lipinski definition) is 2. The van der Waals surface area contributed by atoms with Crippen LogP contribution in [0.5, 0.6) is 5.75 Å². The minimum absolute atomic E-state index is 0.0140. The molecule has 3 aromatic rings. The van der Waals surface area contributed by atoms with E-state index < -0.39 is 12.2 Å². The first kappa shape index (κ1) is 18.8. The van der Waals surface area contributed by atoms with E-state index >= 15 is 0 Å². The first-order chi connectivity index (χ1) is 12.8. The lowest BCUT2D eigenvalue weighted by Gasteiger charge is -2.15. The van der Waals surface area contributed by atoms with Gasteiger partial charge in [0.1, 0.15) is 11.3 Å². The molecular weight excluding hydrogens is 374 g/mol. The van der Waals surface area contributed by atoms with Crippen LogP contribution in [0.25, 0.3) is 11.0 Å². The van der Waals surface area contributed by atoms with Crippen molar-refractivity contribution in [2.24, 2.45) is 0 Å². The van der Waals surface area contributed by atoms with E-state index in [4.69, 9.17) is 16.6 Å². The summed E-state index contributed by atoms with van der Waals surface area (Å²) in [6.45, 7) is 0.698. The Labute approximate surface area is 158 Å². The maximum absolute atomic E-state index is 12.6. The molecule has 0 saturated heterocycles. The molecule has 5 nitrogen and oxygen atoms in total. The summed E-state index contributed by atoms with van der Waals surface area (Å²) in [5, 5.41) is 6.77. The molecule has 8 heteroatoms. The number of thiocarbonyl (C=S) groups is 1. The van der Waals surface area contributed by atoms with Crippen LogP contribution in [0.4, 0.5) is 20.2 Å². The second-order valence-electron chi connectivity index (χ2n) is 5.92. The van der Waals surface area contributed by atoms with Crippen LogP contribution in [0, 0.1) is 13.8 Å². The van der Waals surface area contributed by atoms with Crippen molar-refractivity contribution in [2.75, 3.05) is 10.6 Å². The Kier molecular flexibility index (Phi) is 5.36. The maximum atomic E-state index is 12.6. The molecule has 0 spiro atoms. The van der Waals surface area contributed by atoms with Gasteiger partial charge in [-0.15, -0.1) is 0 Å². The van der Waals surface area contributed by atoms with E-state index in [9.17, 15) is 13.6 Å². The van der Waals surface area contributed by atoms with Crippen molar-refractivity contribution in [3.8, 4) is 5.75 Å². The van der Waals surface area contributed by atoms with Crippen LogP contribution in [0.1, 0.15) is 11.1 Å². The summed E-state index contributed by atoms with van der Waals surface area (Å²) in [7, 11) is 0. The largest absolute Gasteiger partial charge is 0.433 e. The predicted molar refractivity (Wildman–Crippen MR) is 105 cm³/mol. The van der Waals surface area contributed by atoms with Crippen LogP contribution >= 0.6 is 12.2 Å². The fourth-order valence-corrected chi connectivity index (χ4v) is 2.86. The van der Waals surface area contributed by atoms with Crippen molar-refractivity contribution < 1.29 is 17.9 Å². The summed E-state index contributed by atoms with van der Waals surface area (Å²) in [4.78, 5) is 11.5. The third-order valence-corrected chi connectivity index (χ3v) is 4.01. The summed E-state index contributed by atoms with van der Waals surface area (Å²) in [6.07, 6.45) is 0. The average molecular weight is 390 g/mol. The van der Waals surface area contributed by atoms with Crippen LogP contribution in [0.15, 0.2) is 51.7 Å². The molecule has 0 radical (unpaired) electrons. The fourth-order valence-electron chi connectivity index (χ4n) is 2.63. The lowest BCUT2D eigenvalue weighted by Crippen LogP contribution is -2.20. The van der Waals surface area contributed by atoms with E-state index in [1.54, 1.807) is 30.3 Å². The van der Waals surface area contributed by atoms with Gasteiger partial charge in [0, 0.05) is 23.2 Å². The van der Waals surface area contributed by atoms with Gasteiger partial charge < -0.3 is 19.8 Å². The van der Waals surface area contributed by atoms with Gasteiger partial charge in [-0.2, -0.15) is 8.78 Å². The highest BCUT2D eigenvalue weighted by Crippen LogP contribution is 2.28. The SMILES string of the molecule is Cc1ccc(OC(F)F)c(NC(=S)Nc2ccc3c(C)cc(=O)oc3c2)c1. The second-order valence-corrected chi connectivity index (χ2v) is 6.32. The molecule has 0 amide bonds. The number of anilines is 2. The number of aryl methyl sites for hydroxylation is 2. The first-order valence-corrected chi connectivity index (χ1v) is 8.40. The van der Waals surface area contributed by atoms with Crippen LogP contribution in [-0.2, 0) is 0 Å². The highest BCUT2D eigenvalue weighted by Gasteiger charge is 2.11. The number of rotatable bonds is 4. The third kappa shape index (κ3) is 4.59. The molecule has 0 aliphatic heterocycles. The van der Waals surface area contributed by atoms with Gasteiger partial charge in [0.2, 0.25) is 0 Å². The number of hydrogen-bond acceptors (Lipinski definition) is 4. The average Bonchev–Trinajstić information content (AvgIpc) is 2.56. The monoisotopic (exact) mass is 390 g/mol. The number of fused-ring (bicyclic) bond motifs is 1. The van der Waals surface area contributed by atoms with Gasteiger partial charge in [-0.3, -0.25) is 0 Å². The number of benzene rings is 2. The van der Waals surface area contributed by atoms with E-state index in [0.29, 0.717) is 17.0 Å². The molecule has 0 unspecified atom stereocenters. The molecule has 140 valence electrons. The molecule has 0 bridgehead atoms. The minimum Gasteiger partial charge on any atom is -0.433 e. The zero-order valence-electron chi connectivity index (χ0n) is 14.5. The molecule has 2 aromatic carbocycles. The van der Waals surface area contributed by atoms with Crippen molar-refractivity contribution in [2.45, 2.75) is 20.5 Å². The van der Waals surface area contributed by atoms with Gasteiger partial charge in [0.05, 0.1) is 5.69 Å². The molecule has 0 aliphatic rings. The first-order valence-electron chi connectivity index (χ1n) is 8.00. The van der Waals surface area contributed by atoms with Crippen LogP contribution in [-0.4, -0.2) is 11.7 Å². The van der Waals surface area contributed by atoms with Gasteiger partial charge in [0.25, 0.3) is 0 Å². The normalized spacial score (nSPS) is 10.9. The molecular formula is C19H16F2N2O3S. The smallest absolute Gasteiger partial charge is 0.387 e. The summed E-state index contributed by atoms with van der Waals surface area (Å²) in [5.74, 6) is -0.0140. The van der Waals surface area contributed by atoms with E-state index in [-0.39, 0.29) is 10.9 Å². The van der Waals surface area contributed by atoms with Gasteiger partial charge in [-0.05, 0) is 61.5 Å². The topological polar surface area (TPSA) is 63.5 Å². The van der Waals surface area contributed by atoms with Gasteiger partial charge in [-0.25, -0.2) is 4.79 Å². The lowest BCUT2D eigenvalue weighted by molar-refractivity contribution is -0.0493. The standard InChI is InChI=1S/C19H16F2N2O3S/c1-10-3-6-15(26-18(20)21)14(7-10)23-19(27)22-12-4-5-13-11(2)8-17(24)25-16(13)9-12/h3-9,18H,1-2H3,(H2,22,23,27). The molecule has 3 rings (SSSR count). The number of ether oxygens (including phenoxy) is 1. The Hall–Kier alpha value is -3.00. The predicted octanol–water partition coefficient (Wildman–Crippen LogP) is 4.82. The summed E-state index contributed by atoms with van der Waals surface area (Å²) in [6, 6.07) is 11.4. The number of halogens is 2. The van der Waals surface area contributed by atoms with Gasteiger partial charge in [0.15, 0.2) is 5.11 Å². The number of nitrogens with one attached hydrogen (secondary N) is 2. The van der Waals surface area contributed by atoms with Crippen molar-refractivity contribution in [3.63, 3.8) is 0 Å². The van der Waals surface area contributed by atoms with E-state index in [1.165, 1.54) is 12.1 Å². The Balaban J connectivity index is 1.81. The van der Waals surface area contributed by atoms with Crippen LogP contribution in [0.3, 0.4) is 0 Å². The molecule has 1 aromatic heterocycles. The Morgan fingerprint density at radius 1 is 1.11 bits per heavy atom. The molecule has 27 heavy (non-hydrogen) atoms. The zero-order chi connectivity index (χ0) is 19.6. The van der Waals surface area contributed by atoms with E-state index in [0.717, 1.165) is 16.5 Å². The molecule has 0 atom stereocenters. The van der Waals surface area contributed by atoms with Crippen molar-refractivity contribution in [1.82, 2.24) is 0 Å². The van der Waals surface area contributed by atoms with Gasteiger partial charge >= 0.3 is 12.2 Å². The Morgan fingerprint density at radius 2 is 1.89 bits per heavy atom. The molecule has 1 heterocycles. The lowest BCUT2D eigenvalue weighted by atomic mass is 10.1. The summed E-state index contributed by atoms with van der Waals surface area (Å²) in [5.41, 5.74) is 2.54. The van der Waals surface area contributed by atoms with Crippen molar-refractivity contribution >= 4 is 39.7 Å². The van der Waals surface area contributed by atoms with E-state index in [2.05, 4.69) is 15.4 Å². The van der Waals surface area contributed by atoms with Crippen LogP contribution in [0.2, 0.25) is 0 Å². The molecule has 0 fully saturated rings. The van der Waals surface area contributed by atoms with E-state index in [1.807, 2.05) is 13.8 Å². The minimum atomic E-state index is -2.94. The quantitative estimate of drug-likeness (QED) is 0.492. The highest BCUT2D eigenvalue weighted by atomic mass is 32.1. The fraction of sp³-hybridized carbons (Fsp3) is 0.158. The van der Waals surface area contributed by atoms with Crippen molar-refractivity contribution in [1.29, 1.82) is 0 Å². The maximum Gasteiger partial charge on any atom is 0.387 e. The van der Waals surface area contributed by atoms with Gasteiger partial charge in [-0.1, -0.05) is 6.07 Å².